The molecule has 0 bridgehead atoms. The Hall–Kier alpha value is -3.34. The highest BCUT2D eigenvalue weighted by Crippen LogP contribution is 2.37. The average molecular weight is 492 g/mol. The maximum atomic E-state index is 14.6. The number of hydrogen-bond acceptors (Lipinski definition) is 4. The predicted molar refractivity (Wildman–Crippen MR) is 106 cm³/mol. The molecule has 0 heterocycles. The van der Waals surface area contributed by atoms with Gasteiger partial charge in [-0.2, -0.15) is 8.78 Å². The highest BCUT2D eigenvalue weighted by Gasteiger charge is 2.42. The maximum absolute atomic E-state index is 14.6. The van der Waals surface area contributed by atoms with Crippen LogP contribution in [0.5, 0.6) is 5.75 Å². The lowest BCUT2D eigenvalue weighted by molar-refractivity contribution is -0.189. The van der Waals surface area contributed by atoms with E-state index in [1.165, 1.54) is 6.08 Å². The second-order valence-corrected chi connectivity index (χ2v) is 6.83. The van der Waals surface area contributed by atoms with E-state index in [9.17, 15) is 35.5 Å². The fraction of sp³-hybridized carbons (Fsp3) is 0.261. The van der Waals surface area contributed by atoms with Gasteiger partial charge in [0.1, 0.15) is 22.9 Å². The van der Waals surface area contributed by atoms with Gasteiger partial charge in [0, 0.05) is 12.1 Å². The van der Waals surface area contributed by atoms with Crippen molar-refractivity contribution in [2.45, 2.75) is 25.6 Å². The molecule has 0 aliphatic rings. The quantitative estimate of drug-likeness (QED) is 0.122. The largest absolute Gasteiger partial charge is 0.463 e. The minimum Gasteiger partial charge on any atom is -0.463 e. The maximum Gasteiger partial charge on any atom is 0.432 e. The fourth-order valence-electron chi connectivity index (χ4n) is 2.79. The molecule has 11 heteroatoms. The van der Waals surface area contributed by atoms with Crippen LogP contribution in [0.15, 0.2) is 49.1 Å². The van der Waals surface area contributed by atoms with Gasteiger partial charge in [0.25, 0.3) is 0 Å². The fourth-order valence-corrected chi connectivity index (χ4v) is 2.79. The Morgan fingerprint density at radius 2 is 1.59 bits per heavy atom. The van der Waals surface area contributed by atoms with Crippen molar-refractivity contribution in [3.05, 3.63) is 89.3 Å². The molecular formula is C23H19F7O4. The van der Waals surface area contributed by atoms with Gasteiger partial charge in [-0.25, -0.2) is 26.7 Å². The van der Waals surface area contributed by atoms with Gasteiger partial charge in [0.2, 0.25) is 0 Å². The Balaban J connectivity index is 2.31. The van der Waals surface area contributed by atoms with Gasteiger partial charge in [0.15, 0.2) is 17.5 Å². The Morgan fingerprint density at radius 3 is 2.09 bits per heavy atom. The highest BCUT2D eigenvalue weighted by molar-refractivity contribution is 5.87. The first-order valence-electron chi connectivity index (χ1n) is 9.69. The second-order valence-electron chi connectivity index (χ2n) is 6.83. The van der Waals surface area contributed by atoms with Crippen LogP contribution in [0.4, 0.5) is 30.7 Å². The lowest BCUT2D eigenvalue weighted by Crippen LogP contribution is -2.26. The van der Waals surface area contributed by atoms with Crippen molar-refractivity contribution in [3.8, 4) is 5.75 Å². The number of carbonyl (C=O) groups excluding carboxylic acids is 1. The number of esters is 1. The number of carbonyl (C=O) groups is 1. The van der Waals surface area contributed by atoms with Crippen LogP contribution in [0.25, 0.3) is 0 Å². The molecule has 1 atom stereocenters. The molecule has 0 aromatic heterocycles. The third kappa shape index (κ3) is 6.37. The molecule has 0 fully saturated rings. The van der Waals surface area contributed by atoms with Crippen molar-refractivity contribution < 1.29 is 49.7 Å². The molecule has 0 aliphatic heterocycles. The second kappa shape index (κ2) is 11.2. The first-order valence-corrected chi connectivity index (χ1v) is 9.69. The van der Waals surface area contributed by atoms with Gasteiger partial charge in [-0.3, -0.25) is 0 Å². The SMILES string of the molecule is C=CCC(OCC(=C)C(=O)OCC)c1cc(F)c(C(F)(F)Oc2cc(F)c(F)c(F)c2)c(F)c1. The molecule has 2 aromatic carbocycles. The number of halogens is 7. The smallest absolute Gasteiger partial charge is 0.432 e. The Labute approximate surface area is 190 Å². The van der Waals surface area contributed by atoms with E-state index < -0.39 is 58.6 Å². The van der Waals surface area contributed by atoms with E-state index in [4.69, 9.17) is 9.47 Å². The van der Waals surface area contributed by atoms with E-state index in [-0.39, 0.29) is 42.9 Å². The molecule has 4 nitrogen and oxygen atoms in total. The summed E-state index contributed by atoms with van der Waals surface area (Å²) in [6.07, 6.45) is -4.51. The van der Waals surface area contributed by atoms with Crippen LogP contribution in [0.2, 0.25) is 0 Å². The van der Waals surface area contributed by atoms with E-state index in [1.54, 1.807) is 6.92 Å². The van der Waals surface area contributed by atoms with Crippen LogP contribution in [0.3, 0.4) is 0 Å². The lowest BCUT2D eigenvalue weighted by atomic mass is 10.0. The summed E-state index contributed by atoms with van der Waals surface area (Å²) < 4.78 is 112. The Bertz CT molecular complexity index is 1040. The predicted octanol–water partition coefficient (Wildman–Crippen LogP) is 6.26. The molecule has 0 saturated carbocycles. The zero-order valence-corrected chi connectivity index (χ0v) is 17.8. The van der Waals surface area contributed by atoms with E-state index in [1.807, 2.05) is 0 Å². The summed E-state index contributed by atoms with van der Waals surface area (Å²) in [7, 11) is 0. The number of hydrogen-bond donors (Lipinski definition) is 0. The number of benzene rings is 2. The highest BCUT2D eigenvalue weighted by atomic mass is 19.3. The van der Waals surface area contributed by atoms with Crippen molar-refractivity contribution >= 4 is 5.97 Å². The van der Waals surface area contributed by atoms with Crippen LogP contribution in [-0.4, -0.2) is 19.2 Å². The van der Waals surface area contributed by atoms with Crippen LogP contribution in [-0.2, 0) is 20.4 Å². The van der Waals surface area contributed by atoms with E-state index in [2.05, 4.69) is 17.9 Å². The summed E-state index contributed by atoms with van der Waals surface area (Å²) in [6, 6.07) is 1.29. The van der Waals surface area contributed by atoms with Crippen molar-refractivity contribution in [1.82, 2.24) is 0 Å². The van der Waals surface area contributed by atoms with Gasteiger partial charge in [-0.05, 0) is 31.0 Å². The average Bonchev–Trinajstić information content (AvgIpc) is 2.73. The summed E-state index contributed by atoms with van der Waals surface area (Å²) in [5.74, 6) is -11.1. The summed E-state index contributed by atoms with van der Waals surface area (Å²) in [5.41, 5.74) is -2.16. The monoisotopic (exact) mass is 492 g/mol. The molecule has 2 aromatic rings. The van der Waals surface area contributed by atoms with E-state index in [0.29, 0.717) is 12.1 Å². The minimum absolute atomic E-state index is 0.0185. The first kappa shape index (κ1) is 26.9. The van der Waals surface area contributed by atoms with Gasteiger partial charge in [-0.15, -0.1) is 6.58 Å². The number of rotatable bonds is 11. The summed E-state index contributed by atoms with van der Waals surface area (Å²) in [5, 5.41) is 0. The number of ether oxygens (including phenoxy) is 3. The molecule has 0 aliphatic carbocycles. The van der Waals surface area contributed by atoms with Crippen molar-refractivity contribution in [2.24, 2.45) is 0 Å². The van der Waals surface area contributed by atoms with Crippen molar-refractivity contribution in [2.75, 3.05) is 13.2 Å². The summed E-state index contributed by atoms with van der Waals surface area (Å²) >= 11 is 0. The van der Waals surface area contributed by atoms with Gasteiger partial charge < -0.3 is 14.2 Å². The van der Waals surface area contributed by atoms with Crippen LogP contribution < -0.4 is 4.74 Å². The molecule has 0 amide bonds. The van der Waals surface area contributed by atoms with Crippen LogP contribution >= 0.6 is 0 Å². The zero-order valence-electron chi connectivity index (χ0n) is 17.8. The van der Waals surface area contributed by atoms with E-state index >= 15 is 0 Å². The van der Waals surface area contributed by atoms with Gasteiger partial charge in [0.05, 0.1) is 24.9 Å². The molecule has 1 unspecified atom stereocenters. The molecule has 0 radical (unpaired) electrons. The zero-order chi connectivity index (χ0) is 25.6. The Morgan fingerprint density at radius 1 is 1.03 bits per heavy atom. The number of alkyl halides is 2. The molecule has 0 N–H and O–H groups in total. The standard InChI is InChI=1S/C23H19F7O4/c1-4-6-19(33-11-12(3)22(31)32-5-2)13-7-15(24)20(16(25)8-13)23(29,30)34-14-9-17(26)21(28)18(27)10-14/h4,7-10,19H,1,3,5-6,11H2,2H3. The Kier molecular flexibility index (Phi) is 8.86. The van der Waals surface area contributed by atoms with Gasteiger partial charge >= 0.3 is 12.1 Å². The van der Waals surface area contributed by atoms with E-state index in [0.717, 1.165) is 0 Å². The summed E-state index contributed by atoms with van der Waals surface area (Å²) in [6.45, 7) is 8.22. The molecule has 2 rings (SSSR count). The molecule has 184 valence electrons. The summed E-state index contributed by atoms with van der Waals surface area (Å²) in [4.78, 5) is 11.6. The normalized spacial score (nSPS) is 12.2. The van der Waals surface area contributed by atoms with Crippen molar-refractivity contribution in [3.63, 3.8) is 0 Å². The van der Waals surface area contributed by atoms with Crippen LogP contribution in [0, 0.1) is 29.1 Å². The van der Waals surface area contributed by atoms with Crippen molar-refractivity contribution in [1.29, 1.82) is 0 Å². The van der Waals surface area contributed by atoms with Crippen LogP contribution in [0.1, 0.15) is 30.6 Å². The molecule has 34 heavy (non-hydrogen) atoms. The third-order valence-corrected chi connectivity index (χ3v) is 4.33. The first-order chi connectivity index (χ1) is 15.9. The molecule has 0 saturated heterocycles. The molecular weight excluding hydrogens is 473 g/mol. The minimum atomic E-state index is -4.73. The molecule has 0 spiro atoms. The third-order valence-electron chi connectivity index (χ3n) is 4.33. The van der Waals surface area contributed by atoms with Gasteiger partial charge in [-0.1, -0.05) is 12.7 Å². The topological polar surface area (TPSA) is 44.8 Å². The lowest BCUT2D eigenvalue weighted by Gasteiger charge is -2.22.